The number of pyridine rings is 2. The Morgan fingerprint density at radius 2 is 1.12 bits per heavy atom. The summed E-state index contributed by atoms with van der Waals surface area (Å²) < 4.78 is 2.64. The van der Waals surface area contributed by atoms with E-state index in [0.29, 0.717) is 9.28 Å². The molecule has 4 nitrogen and oxygen atoms in total. The molecular formula is C10H10N2O2S2Sn+2. The smallest absolute Gasteiger partial charge is 0.428 e. The molecule has 2 radical (unpaired) electrons. The van der Waals surface area contributed by atoms with Gasteiger partial charge in [0.15, 0.2) is 0 Å². The van der Waals surface area contributed by atoms with Gasteiger partial charge >= 0.3 is 23.9 Å². The molecule has 17 heavy (non-hydrogen) atoms. The summed E-state index contributed by atoms with van der Waals surface area (Å²) in [5.41, 5.74) is 0. The van der Waals surface area contributed by atoms with Gasteiger partial charge in [-0.05, 0) is 24.3 Å². The summed E-state index contributed by atoms with van der Waals surface area (Å²) in [4.78, 5) is 0. The number of rotatable bonds is 0. The Kier molecular flexibility index (Phi) is 7.84. The Labute approximate surface area is 126 Å². The summed E-state index contributed by atoms with van der Waals surface area (Å²) in [7, 11) is 0. The molecule has 0 aliphatic heterocycles. The average molecular weight is 373 g/mol. The average Bonchev–Trinajstić information content (AvgIpc) is 2.28. The van der Waals surface area contributed by atoms with Crippen molar-refractivity contribution in [3.63, 3.8) is 0 Å². The van der Waals surface area contributed by atoms with E-state index < -0.39 is 0 Å². The summed E-state index contributed by atoms with van der Waals surface area (Å²) in [6.45, 7) is 0. The van der Waals surface area contributed by atoms with Crippen molar-refractivity contribution in [2.75, 3.05) is 0 Å². The molecular weight excluding hydrogens is 363 g/mol. The van der Waals surface area contributed by atoms with Crippen LogP contribution in [0.1, 0.15) is 0 Å². The summed E-state index contributed by atoms with van der Waals surface area (Å²) in [6.07, 6.45) is 2.98. The summed E-state index contributed by atoms with van der Waals surface area (Å²) in [5, 5.41) is 17.5. The summed E-state index contributed by atoms with van der Waals surface area (Å²) in [6, 6.07) is 10.3. The van der Waals surface area contributed by atoms with Crippen LogP contribution in [0.15, 0.2) is 48.8 Å². The zero-order valence-corrected chi connectivity index (χ0v) is 13.2. The fourth-order valence-electron chi connectivity index (χ4n) is 0.838. The molecule has 2 rings (SSSR count). The zero-order valence-electron chi connectivity index (χ0n) is 8.72. The molecule has 0 aliphatic rings. The monoisotopic (exact) mass is 374 g/mol. The van der Waals surface area contributed by atoms with Gasteiger partial charge in [0.1, 0.15) is 9.28 Å². The molecule has 0 aromatic carbocycles. The van der Waals surface area contributed by atoms with Crippen molar-refractivity contribution < 1.29 is 10.4 Å². The SMILES string of the molecule is On1ccccc1=S.On1ccccc1=S.[Sn+2]. The molecule has 2 heterocycles. The van der Waals surface area contributed by atoms with E-state index in [9.17, 15) is 0 Å². The van der Waals surface area contributed by atoms with Gasteiger partial charge in [0.25, 0.3) is 0 Å². The van der Waals surface area contributed by atoms with Crippen molar-refractivity contribution in [2.24, 2.45) is 0 Å². The molecule has 0 aliphatic carbocycles. The van der Waals surface area contributed by atoms with Crippen LogP contribution < -0.4 is 0 Å². The molecule has 0 unspecified atom stereocenters. The Bertz CT molecular complexity index is 517. The van der Waals surface area contributed by atoms with Gasteiger partial charge in [-0.15, -0.1) is 0 Å². The van der Waals surface area contributed by atoms with E-state index in [4.69, 9.17) is 10.4 Å². The Balaban J connectivity index is 0.000000284. The minimum absolute atomic E-state index is 0. The normalized spacial score (nSPS) is 8.47. The Hall–Kier alpha value is -0.861. The molecule has 0 atom stereocenters. The second-order valence-corrected chi connectivity index (χ2v) is 3.60. The predicted molar refractivity (Wildman–Crippen MR) is 70.7 cm³/mol. The van der Waals surface area contributed by atoms with Crippen LogP contribution in [-0.2, 0) is 0 Å². The van der Waals surface area contributed by atoms with E-state index in [0.717, 1.165) is 9.46 Å². The predicted octanol–water partition coefficient (Wildman–Crippen LogP) is 2.53. The third-order valence-electron chi connectivity index (χ3n) is 1.61. The fourth-order valence-corrected chi connectivity index (χ4v) is 1.12. The second-order valence-electron chi connectivity index (χ2n) is 2.77. The maximum atomic E-state index is 8.73. The fraction of sp³-hybridized carbons (Fsp3) is 0. The number of hydrogen-bond acceptors (Lipinski definition) is 4. The van der Waals surface area contributed by atoms with Crippen LogP contribution in [-0.4, -0.2) is 43.8 Å². The van der Waals surface area contributed by atoms with Gasteiger partial charge in [-0.25, -0.2) is 0 Å². The second kappa shape index (κ2) is 8.26. The van der Waals surface area contributed by atoms with Gasteiger partial charge in [0, 0.05) is 12.4 Å². The van der Waals surface area contributed by atoms with E-state index in [-0.39, 0.29) is 23.9 Å². The van der Waals surface area contributed by atoms with E-state index in [1.807, 2.05) is 0 Å². The van der Waals surface area contributed by atoms with Crippen molar-refractivity contribution in [3.8, 4) is 0 Å². The van der Waals surface area contributed by atoms with Crippen molar-refractivity contribution >= 4 is 48.3 Å². The quantitative estimate of drug-likeness (QED) is 0.424. The van der Waals surface area contributed by atoms with E-state index in [1.54, 1.807) is 36.4 Å². The van der Waals surface area contributed by atoms with Crippen molar-refractivity contribution in [2.45, 2.75) is 0 Å². The van der Waals surface area contributed by atoms with Crippen LogP contribution in [0.4, 0.5) is 0 Å². The van der Waals surface area contributed by atoms with Crippen molar-refractivity contribution in [3.05, 3.63) is 58.1 Å². The van der Waals surface area contributed by atoms with E-state index >= 15 is 0 Å². The molecule has 7 heteroatoms. The maximum Gasteiger partial charge on any atom is 2.00 e. The first-order valence-electron chi connectivity index (χ1n) is 4.35. The molecule has 86 valence electrons. The van der Waals surface area contributed by atoms with Crippen LogP contribution in [0.5, 0.6) is 0 Å². The van der Waals surface area contributed by atoms with Gasteiger partial charge in [0.05, 0.1) is 0 Å². The van der Waals surface area contributed by atoms with Crippen LogP contribution in [0.2, 0.25) is 0 Å². The molecule has 0 fully saturated rings. The molecule has 2 N–H and O–H groups in total. The molecule has 0 amide bonds. The molecule has 0 saturated carbocycles. The molecule has 0 spiro atoms. The zero-order chi connectivity index (χ0) is 12.0. The largest absolute Gasteiger partial charge is 2.00 e. The molecule has 0 bridgehead atoms. The van der Waals surface area contributed by atoms with E-state index in [2.05, 4.69) is 24.4 Å². The number of nitrogens with zero attached hydrogens (tertiary/aromatic N) is 2. The number of hydrogen-bond donors (Lipinski definition) is 2. The third kappa shape index (κ3) is 5.85. The minimum Gasteiger partial charge on any atom is -0.428 e. The standard InChI is InChI=1S/2C5H5NOS.Sn/c2*7-6-4-2-1-3-5(6)8;/h2*1-4,7H;/q;;+2. The van der Waals surface area contributed by atoms with Crippen LogP contribution in [0.3, 0.4) is 0 Å². The maximum absolute atomic E-state index is 8.73. The molecule has 0 saturated heterocycles. The summed E-state index contributed by atoms with van der Waals surface area (Å²) in [5.74, 6) is 0. The number of aromatic nitrogens is 2. The first kappa shape index (κ1) is 16.1. The van der Waals surface area contributed by atoms with Gasteiger partial charge in [-0.3, -0.25) is 0 Å². The van der Waals surface area contributed by atoms with Crippen molar-refractivity contribution in [1.29, 1.82) is 0 Å². The first-order chi connectivity index (χ1) is 7.61. The minimum atomic E-state index is 0. The van der Waals surface area contributed by atoms with Crippen LogP contribution >= 0.6 is 24.4 Å². The molecule has 2 aromatic rings. The summed E-state index contributed by atoms with van der Waals surface area (Å²) >= 11 is 9.33. The van der Waals surface area contributed by atoms with Gasteiger partial charge < -0.3 is 10.4 Å². The van der Waals surface area contributed by atoms with Gasteiger partial charge in [-0.1, -0.05) is 36.6 Å². The Morgan fingerprint density at radius 1 is 0.765 bits per heavy atom. The van der Waals surface area contributed by atoms with Gasteiger partial charge in [-0.2, -0.15) is 9.46 Å². The van der Waals surface area contributed by atoms with E-state index in [1.165, 1.54) is 12.4 Å². The molecule has 2 aromatic heterocycles. The van der Waals surface area contributed by atoms with Crippen LogP contribution in [0.25, 0.3) is 0 Å². The van der Waals surface area contributed by atoms with Crippen LogP contribution in [0, 0.1) is 9.28 Å². The van der Waals surface area contributed by atoms with Crippen molar-refractivity contribution in [1.82, 2.24) is 9.46 Å². The first-order valence-corrected chi connectivity index (χ1v) is 5.17. The Morgan fingerprint density at radius 3 is 1.29 bits per heavy atom. The topological polar surface area (TPSA) is 50.3 Å². The van der Waals surface area contributed by atoms with Gasteiger partial charge in [0.2, 0.25) is 0 Å². The third-order valence-corrected chi connectivity index (χ3v) is 2.25.